The quantitative estimate of drug-likeness (QED) is 0.339. The van der Waals surface area contributed by atoms with E-state index >= 15 is 0 Å². The maximum Gasteiger partial charge on any atom is 0.264 e. The molecule has 0 bridgehead atoms. The fraction of sp³-hybridized carbons (Fsp3) is 0.207. The molecule has 0 aliphatic carbocycles. The van der Waals surface area contributed by atoms with E-state index in [-0.39, 0.29) is 11.4 Å². The number of aromatic nitrogens is 5. The zero-order valence-electron chi connectivity index (χ0n) is 22.4. The lowest BCUT2D eigenvalue weighted by molar-refractivity contribution is 0.228. The average Bonchev–Trinajstić information content (AvgIpc) is 3.06. The van der Waals surface area contributed by atoms with Crippen LogP contribution in [0.25, 0.3) is 22.2 Å². The first kappa shape index (κ1) is 26.1. The number of fused-ring (bicyclic) bond motifs is 2. The summed E-state index contributed by atoms with van der Waals surface area (Å²) >= 11 is 0. The summed E-state index contributed by atoms with van der Waals surface area (Å²) in [6.45, 7) is 2.63. The van der Waals surface area contributed by atoms with Crippen LogP contribution in [0, 0.1) is 5.82 Å². The van der Waals surface area contributed by atoms with Gasteiger partial charge >= 0.3 is 0 Å². The van der Waals surface area contributed by atoms with E-state index in [0.717, 1.165) is 13.1 Å². The number of anilines is 2. The fourth-order valence-electron chi connectivity index (χ4n) is 4.29. The van der Waals surface area contributed by atoms with Gasteiger partial charge in [-0.05, 0) is 49.5 Å². The van der Waals surface area contributed by atoms with Crippen molar-refractivity contribution in [1.29, 1.82) is 0 Å². The Kier molecular flexibility index (Phi) is 7.13. The first-order valence-corrected chi connectivity index (χ1v) is 12.9. The smallest absolute Gasteiger partial charge is 0.264 e. The zero-order valence-corrected chi connectivity index (χ0v) is 22.4. The Morgan fingerprint density at radius 1 is 0.902 bits per heavy atom. The lowest BCUT2D eigenvalue weighted by Gasteiger charge is -2.13. The molecule has 41 heavy (non-hydrogen) atoms. The van der Waals surface area contributed by atoms with Gasteiger partial charge in [0.15, 0.2) is 11.5 Å². The number of ether oxygens (including phenoxy) is 3. The van der Waals surface area contributed by atoms with E-state index < -0.39 is 0 Å². The number of hydrogen-bond acceptors (Lipinski definition) is 10. The van der Waals surface area contributed by atoms with Crippen molar-refractivity contribution in [2.75, 3.05) is 38.7 Å². The van der Waals surface area contributed by atoms with Crippen LogP contribution in [0.1, 0.15) is 0 Å². The third kappa shape index (κ3) is 5.63. The molecule has 6 rings (SSSR count). The number of likely N-dealkylation sites (N-methyl/N-ethyl adjacent to an activating group) is 1. The van der Waals surface area contributed by atoms with E-state index in [4.69, 9.17) is 14.2 Å². The van der Waals surface area contributed by atoms with Gasteiger partial charge in [0.2, 0.25) is 11.8 Å². The molecule has 12 heteroatoms. The van der Waals surface area contributed by atoms with Crippen LogP contribution < -0.4 is 25.1 Å². The molecule has 3 aromatic heterocycles. The molecule has 208 valence electrons. The normalized spacial score (nSPS) is 13.7. The molecule has 0 saturated heterocycles. The summed E-state index contributed by atoms with van der Waals surface area (Å²) in [6, 6.07) is 12.8. The molecule has 0 radical (unpaired) electrons. The van der Waals surface area contributed by atoms with Gasteiger partial charge in [-0.15, -0.1) is 0 Å². The number of pyridine rings is 1. The molecule has 2 aromatic carbocycles. The summed E-state index contributed by atoms with van der Waals surface area (Å²) in [5, 5.41) is 3.68. The second-order valence-corrected chi connectivity index (χ2v) is 9.47. The Balaban J connectivity index is 1.23. The Labute approximate surface area is 234 Å². The minimum atomic E-state index is -0.351. The van der Waals surface area contributed by atoms with Crippen LogP contribution in [0.5, 0.6) is 23.1 Å². The molecule has 0 spiro atoms. The van der Waals surface area contributed by atoms with Crippen LogP contribution in [0.15, 0.2) is 72.0 Å². The van der Waals surface area contributed by atoms with E-state index in [2.05, 4.69) is 30.2 Å². The topological polar surface area (TPSA) is 117 Å². The number of benzene rings is 2. The Hall–Kier alpha value is -5.10. The number of nitrogens with zero attached hydrogens (tertiary/aromatic N) is 6. The monoisotopic (exact) mass is 555 g/mol. The Morgan fingerprint density at radius 3 is 2.39 bits per heavy atom. The van der Waals surface area contributed by atoms with Crippen molar-refractivity contribution in [2.24, 2.45) is 7.05 Å². The maximum atomic E-state index is 13.2. The van der Waals surface area contributed by atoms with Crippen LogP contribution in [-0.4, -0.2) is 62.8 Å². The van der Waals surface area contributed by atoms with E-state index in [1.54, 1.807) is 31.3 Å². The summed E-state index contributed by atoms with van der Waals surface area (Å²) in [6.07, 6.45) is 4.39. The minimum Gasteiger partial charge on any atom is -0.488 e. The second-order valence-electron chi connectivity index (χ2n) is 9.47. The van der Waals surface area contributed by atoms with Crippen molar-refractivity contribution in [3.8, 4) is 34.4 Å². The first-order valence-electron chi connectivity index (χ1n) is 12.9. The summed E-state index contributed by atoms with van der Waals surface area (Å²) in [5.41, 5.74) is 1.70. The van der Waals surface area contributed by atoms with E-state index in [1.807, 2.05) is 19.2 Å². The highest BCUT2D eigenvalue weighted by Crippen LogP contribution is 2.36. The van der Waals surface area contributed by atoms with Crippen molar-refractivity contribution in [1.82, 2.24) is 29.4 Å². The zero-order chi connectivity index (χ0) is 28.3. The molecule has 1 N–H and O–H groups in total. The third-order valence-electron chi connectivity index (χ3n) is 6.62. The number of halogens is 1. The van der Waals surface area contributed by atoms with Crippen molar-refractivity contribution in [3.05, 3.63) is 83.4 Å². The van der Waals surface area contributed by atoms with Crippen molar-refractivity contribution in [2.45, 2.75) is 0 Å². The lowest BCUT2D eigenvalue weighted by atomic mass is 10.2. The van der Waals surface area contributed by atoms with E-state index in [1.165, 1.54) is 35.4 Å². The molecule has 0 saturated carbocycles. The van der Waals surface area contributed by atoms with Crippen LogP contribution >= 0.6 is 0 Å². The van der Waals surface area contributed by atoms with Gasteiger partial charge in [0.1, 0.15) is 31.1 Å². The first-order chi connectivity index (χ1) is 19.9. The fourth-order valence-corrected chi connectivity index (χ4v) is 4.29. The standard InChI is InChI=1S/C29H26FN7O4/c1-36-9-11-39-25-13-21-24(14-26(25)40-12-10-36)33-17-34-27(21)41-20-7-8-23(31-15-20)22-16-32-29(37(2)28(22)38)35-19-5-3-18(30)4-6-19/h3-8,13-17H,9-12H2,1-2H3,(H,32,35). The number of rotatable bonds is 5. The lowest BCUT2D eigenvalue weighted by Crippen LogP contribution is -2.27. The summed E-state index contributed by atoms with van der Waals surface area (Å²) in [4.78, 5) is 32.7. The average molecular weight is 556 g/mol. The maximum absolute atomic E-state index is 13.2. The SMILES string of the molecule is CN1CCOc2cc3ncnc(Oc4ccc(-c5cnc(Nc6ccc(F)cc6)n(C)c5=O)nc4)c3cc2OCC1. The predicted octanol–water partition coefficient (Wildman–Crippen LogP) is 4.16. The molecule has 0 atom stereocenters. The van der Waals surface area contributed by atoms with Crippen LogP contribution in [0.4, 0.5) is 16.0 Å². The molecule has 5 aromatic rings. The molecular weight excluding hydrogens is 529 g/mol. The summed E-state index contributed by atoms with van der Waals surface area (Å²) in [7, 11) is 3.62. The molecule has 4 heterocycles. The van der Waals surface area contributed by atoms with Gasteiger partial charge in [-0.25, -0.2) is 19.3 Å². The van der Waals surface area contributed by atoms with E-state index in [0.29, 0.717) is 70.1 Å². The van der Waals surface area contributed by atoms with Gasteiger partial charge < -0.3 is 19.5 Å². The van der Waals surface area contributed by atoms with Gasteiger partial charge in [0.25, 0.3) is 5.56 Å². The molecule has 0 fully saturated rings. The minimum absolute atomic E-state index is 0.298. The highest BCUT2D eigenvalue weighted by Gasteiger charge is 2.16. The van der Waals surface area contributed by atoms with Crippen molar-refractivity contribution < 1.29 is 18.6 Å². The molecule has 11 nitrogen and oxygen atoms in total. The van der Waals surface area contributed by atoms with E-state index in [9.17, 15) is 9.18 Å². The van der Waals surface area contributed by atoms with Crippen molar-refractivity contribution in [3.63, 3.8) is 0 Å². The Bertz CT molecular complexity index is 1760. The third-order valence-corrected chi connectivity index (χ3v) is 6.62. The van der Waals surface area contributed by atoms with Crippen LogP contribution in [0.3, 0.4) is 0 Å². The second kappa shape index (κ2) is 11.2. The molecule has 1 aliphatic rings. The highest BCUT2D eigenvalue weighted by atomic mass is 19.1. The van der Waals surface area contributed by atoms with Crippen molar-refractivity contribution >= 4 is 22.5 Å². The molecule has 0 unspecified atom stereocenters. The molecular formula is C29H26FN7O4. The van der Waals surface area contributed by atoms with Gasteiger partial charge in [-0.2, -0.15) is 0 Å². The van der Waals surface area contributed by atoms with Gasteiger partial charge in [-0.1, -0.05) is 0 Å². The van der Waals surface area contributed by atoms with Gasteiger partial charge in [0.05, 0.1) is 28.4 Å². The Morgan fingerprint density at radius 2 is 1.66 bits per heavy atom. The summed E-state index contributed by atoms with van der Waals surface area (Å²) in [5.74, 6) is 1.94. The van der Waals surface area contributed by atoms with Gasteiger partial charge in [-0.3, -0.25) is 19.2 Å². The number of hydrogen-bond donors (Lipinski definition) is 1. The largest absolute Gasteiger partial charge is 0.488 e. The molecule has 1 aliphatic heterocycles. The highest BCUT2D eigenvalue weighted by molar-refractivity contribution is 5.87. The summed E-state index contributed by atoms with van der Waals surface area (Å²) < 4.78 is 32.6. The molecule has 0 amide bonds. The number of nitrogens with one attached hydrogen (secondary N) is 1. The van der Waals surface area contributed by atoms with Crippen LogP contribution in [-0.2, 0) is 7.05 Å². The van der Waals surface area contributed by atoms with Gasteiger partial charge in [0, 0.05) is 38.1 Å². The predicted molar refractivity (Wildman–Crippen MR) is 150 cm³/mol. The van der Waals surface area contributed by atoms with Crippen LogP contribution in [0.2, 0.25) is 0 Å².